The summed E-state index contributed by atoms with van der Waals surface area (Å²) < 4.78 is 28.2. The number of hydrogen-bond acceptors (Lipinski definition) is 8. The van der Waals surface area contributed by atoms with Crippen LogP contribution >= 0.6 is 0 Å². The van der Waals surface area contributed by atoms with Crippen LogP contribution in [0.2, 0.25) is 0 Å². The van der Waals surface area contributed by atoms with E-state index in [0.29, 0.717) is 5.56 Å². The summed E-state index contributed by atoms with van der Waals surface area (Å²) in [5.74, 6) is -2.66. The lowest BCUT2D eigenvalue weighted by molar-refractivity contribution is -0.125. The number of carbonyl (C=O) groups excluding carboxylic acids is 4. The first-order chi connectivity index (χ1) is 17.3. The fourth-order valence-corrected chi connectivity index (χ4v) is 4.17. The van der Waals surface area contributed by atoms with E-state index in [1.807, 2.05) is 6.92 Å². The van der Waals surface area contributed by atoms with E-state index in [-0.39, 0.29) is 30.7 Å². The van der Waals surface area contributed by atoms with Gasteiger partial charge in [0.25, 0.3) is 5.91 Å². The second-order valence-electron chi connectivity index (χ2n) is 8.71. The quantitative estimate of drug-likeness (QED) is 0.233. The molecule has 0 bridgehead atoms. The first-order valence-corrected chi connectivity index (χ1v) is 13.5. The highest BCUT2D eigenvalue weighted by Gasteiger charge is 2.38. The summed E-state index contributed by atoms with van der Waals surface area (Å²) in [5.41, 5.74) is 6.56. The Balaban J connectivity index is 2.27. The van der Waals surface area contributed by atoms with Crippen molar-refractivity contribution in [2.75, 3.05) is 18.6 Å². The average molecular weight is 537 g/mol. The van der Waals surface area contributed by atoms with Crippen molar-refractivity contribution in [2.24, 2.45) is 5.73 Å². The van der Waals surface area contributed by atoms with Crippen LogP contribution in [0, 0.1) is 6.92 Å². The highest BCUT2D eigenvalue weighted by molar-refractivity contribution is 7.90. The third kappa shape index (κ3) is 9.35. The van der Waals surface area contributed by atoms with Crippen LogP contribution in [0.1, 0.15) is 28.8 Å². The molecule has 13 heteroatoms. The molecule has 1 aliphatic rings. The molecular weight excluding hydrogens is 504 g/mol. The largest absolute Gasteiger partial charge is 0.443 e. The first-order valence-electron chi connectivity index (χ1n) is 11.4. The van der Waals surface area contributed by atoms with E-state index in [0.717, 1.165) is 11.8 Å². The van der Waals surface area contributed by atoms with Gasteiger partial charge in [0, 0.05) is 30.4 Å². The Hall–Kier alpha value is -3.71. The van der Waals surface area contributed by atoms with Crippen LogP contribution < -0.4 is 21.7 Å². The van der Waals surface area contributed by atoms with Crippen LogP contribution in [0.5, 0.6) is 0 Å². The van der Waals surface area contributed by atoms with Gasteiger partial charge in [0.2, 0.25) is 11.8 Å². The van der Waals surface area contributed by atoms with Gasteiger partial charge in [-0.15, -0.1) is 6.58 Å². The first kappa shape index (κ1) is 29.5. The smallest absolute Gasteiger partial charge is 0.407 e. The van der Waals surface area contributed by atoms with E-state index in [1.54, 1.807) is 24.3 Å². The van der Waals surface area contributed by atoms with Crippen molar-refractivity contribution >= 4 is 33.7 Å². The molecule has 0 aromatic heterocycles. The second-order valence-corrected chi connectivity index (χ2v) is 11.0. The standard InChI is InChI=1S/C24H32N4O8S/c1-4-10-26-24(33)36-19-13-16(23(32)27-17(21(25)30)9-11-37(3,34)35)12-18(20(19)29)28-22(31)15-7-5-14(2)6-8-15/h4-8,12,17-20,29H,1,9-11,13H2,2-3H3,(H2,25,30)(H,26,33)(H,27,32)(H,28,31)/t17-,18+,19+,20+/m0/s1. The molecule has 2 rings (SSSR count). The van der Waals surface area contributed by atoms with Gasteiger partial charge in [-0.25, -0.2) is 13.2 Å². The molecule has 0 spiro atoms. The Kier molecular flexibility index (Phi) is 10.4. The molecule has 1 aromatic rings. The predicted octanol–water partition coefficient (Wildman–Crippen LogP) is -0.530. The number of primary amides is 1. The summed E-state index contributed by atoms with van der Waals surface area (Å²) in [6, 6.07) is 4.23. The molecule has 0 saturated heterocycles. The molecule has 0 radical (unpaired) electrons. The van der Waals surface area contributed by atoms with E-state index in [9.17, 15) is 32.7 Å². The number of aryl methyl sites for hydroxylation is 1. The Morgan fingerprint density at radius 3 is 2.43 bits per heavy atom. The molecule has 0 fully saturated rings. The van der Waals surface area contributed by atoms with Gasteiger partial charge in [0.05, 0.1) is 11.8 Å². The van der Waals surface area contributed by atoms with E-state index in [2.05, 4.69) is 22.5 Å². The Labute approximate surface area is 215 Å². The SMILES string of the molecule is C=CCNC(=O)O[C@@H]1CC(C(=O)N[C@@H](CCS(C)(=O)=O)C(N)=O)=C[C@@H](NC(=O)c2ccc(C)cc2)[C@H]1O. The van der Waals surface area contributed by atoms with Gasteiger partial charge in [0.15, 0.2) is 0 Å². The Morgan fingerprint density at radius 2 is 1.86 bits per heavy atom. The van der Waals surface area contributed by atoms with E-state index in [4.69, 9.17) is 10.5 Å². The molecule has 6 N–H and O–H groups in total. The summed E-state index contributed by atoms with van der Waals surface area (Å²) >= 11 is 0. The minimum Gasteiger partial charge on any atom is -0.443 e. The van der Waals surface area contributed by atoms with Crippen LogP contribution in [0.25, 0.3) is 0 Å². The number of nitrogens with two attached hydrogens (primary N) is 1. The monoisotopic (exact) mass is 536 g/mol. The number of nitrogens with one attached hydrogen (secondary N) is 3. The normalized spacial score (nSPS) is 20.1. The summed E-state index contributed by atoms with van der Waals surface area (Å²) in [5, 5.41) is 18.2. The van der Waals surface area contributed by atoms with Crippen molar-refractivity contribution in [3.8, 4) is 0 Å². The maximum Gasteiger partial charge on any atom is 0.407 e. The number of amides is 4. The maximum absolute atomic E-state index is 13.0. The molecule has 12 nitrogen and oxygen atoms in total. The molecule has 0 heterocycles. The molecule has 4 amide bonds. The zero-order chi connectivity index (χ0) is 27.8. The zero-order valence-corrected chi connectivity index (χ0v) is 21.4. The van der Waals surface area contributed by atoms with E-state index < -0.39 is 57.9 Å². The summed E-state index contributed by atoms with van der Waals surface area (Å²) in [6.07, 6.45) is -0.309. The molecule has 1 aliphatic carbocycles. The molecule has 1 aromatic carbocycles. The molecule has 37 heavy (non-hydrogen) atoms. The highest BCUT2D eigenvalue weighted by atomic mass is 32.2. The molecule has 4 atom stereocenters. The highest BCUT2D eigenvalue weighted by Crippen LogP contribution is 2.23. The summed E-state index contributed by atoms with van der Waals surface area (Å²) in [4.78, 5) is 49.6. The van der Waals surface area contributed by atoms with Gasteiger partial charge in [-0.1, -0.05) is 29.8 Å². The van der Waals surface area contributed by atoms with Crippen molar-refractivity contribution < 1.29 is 37.4 Å². The summed E-state index contributed by atoms with van der Waals surface area (Å²) in [6.45, 7) is 5.43. The second kappa shape index (κ2) is 13.0. The van der Waals surface area contributed by atoms with Gasteiger partial charge in [0.1, 0.15) is 28.1 Å². The van der Waals surface area contributed by atoms with Crippen LogP contribution in [0.4, 0.5) is 4.79 Å². The van der Waals surface area contributed by atoms with Crippen LogP contribution in [0.15, 0.2) is 48.6 Å². The van der Waals surface area contributed by atoms with Gasteiger partial charge >= 0.3 is 6.09 Å². The number of rotatable bonds is 11. The number of alkyl carbamates (subject to hydrolysis) is 1. The fourth-order valence-electron chi connectivity index (χ4n) is 3.50. The van der Waals surface area contributed by atoms with Crippen molar-refractivity contribution in [2.45, 2.75) is 44.1 Å². The summed E-state index contributed by atoms with van der Waals surface area (Å²) in [7, 11) is -3.43. The number of carbonyl (C=O) groups is 4. The van der Waals surface area contributed by atoms with Gasteiger partial charge in [-0.2, -0.15) is 0 Å². The molecule has 202 valence electrons. The Morgan fingerprint density at radius 1 is 1.22 bits per heavy atom. The molecule has 0 aliphatic heterocycles. The minimum absolute atomic E-state index is 0.00775. The zero-order valence-electron chi connectivity index (χ0n) is 20.6. The molecule has 0 unspecified atom stereocenters. The lowest BCUT2D eigenvalue weighted by Crippen LogP contribution is -2.53. The van der Waals surface area contributed by atoms with E-state index >= 15 is 0 Å². The number of aliphatic hydroxyl groups excluding tert-OH is 1. The number of sulfone groups is 1. The van der Waals surface area contributed by atoms with Crippen LogP contribution in [-0.2, 0) is 24.2 Å². The molecule has 0 saturated carbocycles. The average Bonchev–Trinajstić information content (AvgIpc) is 2.82. The van der Waals surface area contributed by atoms with E-state index in [1.165, 1.54) is 12.2 Å². The van der Waals surface area contributed by atoms with Crippen LogP contribution in [0.3, 0.4) is 0 Å². The van der Waals surface area contributed by atoms with Crippen LogP contribution in [-0.4, -0.2) is 80.2 Å². The number of ether oxygens (including phenoxy) is 1. The van der Waals surface area contributed by atoms with Crippen molar-refractivity contribution in [1.82, 2.24) is 16.0 Å². The number of benzene rings is 1. The minimum atomic E-state index is -3.43. The fraction of sp³-hybridized carbons (Fsp3) is 0.417. The third-order valence-electron chi connectivity index (χ3n) is 5.53. The van der Waals surface area contributed by atoms with Gasteiger partial charge in [-0.05, 0) is 25.5 Å². The topological polar surface area (TPSA) is 194 Å². The Bertz CT molecular complexity index is 1160. The molecular formula is C24H32N4O8S. The lowest BCUT2D eigenvalue weighted by atomic mass is 9.89. The third-order valence-corrected chi connectivity index (χ3v) is 6.51. The van der Waals surface area contributed by atoms with Crippen molar-refractivity contribution in [3.05, 3.63) is 59.7 Å². The lowest BCUT2D eigenvalue weighted by Gasteiger charge is -2.33. The number of aliphatic hydroxyl groups is 1. The number of hydrogen-bond donors (Lipinski definition) is 5. The van der Waals surface area contributed by atoms with Gasteiger partial charge < -0.3 is 31.5 Å². The maximum atomic E-state index is 13.0. The predicted molar refractivity (Wildman–Crippen MR) is 135 cm³/mol. The van der Waals surface area contributed by atoms with Crippen molar-refractivity contribution in [1.29, 1.82) is 0 Å². The van der Waals surface area contributed by atoms with Gasteiger partial charge in [-0.3, -0.25) is 14.4 Å². The van der Waals surface area contributed by atoms with Crippen molar-refractivity contribution in [3.63, 3.8) is 0 Å².